The van der Waals surface area contributed by atoms with Crippen molar-refractivity contribution in [3.63, 3.8) is 0 Å². The fourth-order valence-corrected chi connectivity index (χ4v) is 7.12. The average Bonchev–Trinajstić information content (AvgIpc) is 3.13. The molecule has 0 aromatic rings. The second-order valence-corrected chi connectivity index (χ2v) is 15.0. The van der Waals surface area contributed by atoms with Crippen molar-refractivity contribution in [3.8, 4) is 0 Å². The van der Waals surface area contributed by atoms with E-state index in [1.54, 1.807) is 0 Å². The van der Waals surface area contributed by atoms with Crippen LogP contribution in [0.15, 0.2) is 29.3 Å². The van der Waals surface area contributed by atoms with Crippen LogP contribution in [-0.4, -0.2) is 62.3 Å². The molecule has 298 valence electrons. The maximum absolute atomic E-state index is 12.7. The quantitative estimate of drug-likeness (QED) is 0.0762. The summed E-state index contributed by atoms with van der Waals surface area (Å²) in [4.78, 5) is 40.3. The van der Waals surface area contributed by atoms with E-state index in [4.69, 9.17) is 14.2 Å². The van der Waals surface area contributed by atoms with Crippen LogP contribution in [0.3, 0.4) is 0 Å². The molecular formula is C45H77NO6. The maximum atomic E-state index is 12.7. The summed E-state index contributed by atoms with van der Waals surface area (Å²) in [5.41, 5.74) is 10.4. The van der Waals surface area contributed by atoms with Gasteiger partial charge in [0.2, 0.25) is 0 Å². The second-order valence-electron chi connectivity index (χ2n) is 15.0. The van der Waals surface area contributed by atoms with Crippen molar-refractivity contribution in [1.29, 1.82) is 0 Å². The largest absolute Gasteiger partial charge is 0.466 e. The molecule has 0 amide bonds. The Hall–Kier alpha value is -2.55. The van der Waals surface area contributed by atoms with Gasteiger partial charge in [0.1, 0.15) is 6.10 Å². The number of unbranched alkanes of at least 4 members (excludes halogenated alkanes) is 4. The minimum atomic E-state index is -0.121. The van der Waals surface area contributed by atoms with E-state index < -0.39 is 0 Å². The van der Waals surface area contributed by atoms with Crippen LogP contribution in [0, 0.1) is 11.8 Å². The highest BCUT2D eigenvalue weighted by molar-refractivity contribution is 5.70. The molecule has 1 aliphatic heterocycles. The number of hydrogen-bond donors (Lipinski definition) is 0. The Morgan fingerprint density at radius 3 is 1.71 bits per heavy atom. The number of ether oxygens (including phenoxy) is 3. The molecule has 7 heteroatoms. The van der Waals surface area contributed by atoms with Gasteiger partial charge in [-0.1, -0.05) is 109 Å². The molecule has 0 aliphatic carbocycles. The lowest BCUT2D eigenvalue weighted by Gasteiger charge is -2.26. The molecule has 0 aromatic carbocycles. The van der Waals surface area contributed by atoms with Gasteiger partial charge in [-0.3, -0.25) is 14.4 Å². The first-order chi connectivity index (χ1) is 25.3. The molecular weight excluding hydrogens is 650 g/mol. The summed E-state index contributed by atoms with van der Waals surface area (Å²) >= 11 is 0. The van der Waals surface area contributed by atoms with Crippen molar-refractivity contribution in [3.05, 3.63) is 29.3 Å². The summed E-state index contributed by atoms with van der Waals surface area (Å²) in [6.07, 6.45) is 24.2. The Bertz CT molecular complexity index is 1020. The van der Waals surface area contributed by atoms with E-state index in [-0.39, 0.29) is 35.8 Å². The number of cyclic esters (lactones) is 2. The summed E-state index contributed by atoms with van der Waals surface area (Å²) in [6, 6.07) is 0. The number of rotatable bonds is 14. The van der Waals surface area contributed by atoms with Crippen LogP contribution in [-0.2, 0) is 28.6 Å². The summed E-state index contributed by atoms with van der Waals surface area (Å²) < 4.78 is 17.6. The molecule has 0 saturated carbocycles. The number of carbonyl (C=O) groups is 3. The van der Waals surface area contributed by atoms with Crippen molar-refractivity contribution >= 4 is 17.9 Å². The van der Waals surface area contributed by atoms with Gasteiger partial charge in [-0.05, 0) is 120 Å². The Balaban J connectivity index is 2.94. The van der Waals surface area contributed by atoms with Crippen LogP contribution in [0.2, 0.25) is 0 Å². The number of allylic oxidation sites excluding steroid dienone is 1. The highest BCUT2D eigenvalue weighted by Gasteiger charge is 2.24. The molecule has 7 nitrogen and oxygen atoms in total. The molecule has 2 atom stereocenters. The normalized spacial score (nSPS) is 21.6. The summed E-state index contributed by atoms with van der Waals surface area (Å²) in [5, 5.41) is 0. The smallest absolute Gasteiger partial charge is 0.306 e. The predicted molar refractivity (Wildman–Crippen MR) is 213 cm³/mol. The fourth-order valence-electron chi connectivity index (χ4n) is 7.12. The van der Waals surface area contributed by atoms with Crippen LogP contribution in [0.1, 0.15) is 188 Å². The molecule has 0 aromatic heterocycles. The molecule has 0 N–H and O–H groups in total. The van der Waals surface area contributed by atoms with Crippen LogP contribution in [0.25, 0.3) is 0 Å². The molecule has 0 bridgehead atoms. The average molecular weight is 728 g/mol. The molecule has 1 aliphatic rings. The highest BCUT2D eigenvalue weighted by atomic mass is 16.5. The van der Waals surface area contributed by atoms with Gasteiger partial charge >= 0.3 is 17.9 Å². The van der Waals surface area contributed by atoms with Gasteiger partial charge < -0.3 is 19.1 Å². The fraction of sp³-hybridized carbons (Fsp3) is 0.822. The van der Waals surface area contributed by atoms with Gasteiger partial charge in [-0.2, -0.15) is 0 Å². The van der Waals surface area contributed by atoms with Crippen LogP contribution in [0.5, 0.6) is 0 Å². The zero-order valence-corrected chi connectivity index (χ0v) is 34.0. The molecule has 52 heavy (non-hydrogen) atoms. The van der Waals surface area contributed by atoms with Gasteiger partial charge in [0, 0.05) is 19.3 Å². The van der Waals surface area contributed by atoms with Crippen molar-refractivity contribution in [2.75, 3.05) is 33.4 Å². The van der Waals surface area contributed by atoms with Gasteiger partial charge in [-0.25, -0.2) is 0 Å². The van der Waals surface area contributed by atoms with Crippen LogP contribution >= 0.6 is 0 Å². The first-order valence-corrected chi connectivity index (χ1v) is 21.4. The highest BCUT2D eigenvalue weighted by Crippen LogP contribution is 2.33. The minimum absolute atomic E-state index is 0.0323. The lowest BCUT2D eigenvalue weighted by molar-refractivity contribution is -0.150. The molecule has 2 unspecified atom stereocenters. The van der Waals surface area contributed by atoms with Gasteiger partial charge in [0.25, 0.3) is 0 Å². The van der Waals surface area contributed by atoms with Crippen LogP contribution < -0.4 is 0 Å². The van der Waals surface area contributed by atoms with E-state index in [0.29, 0.717) is 32.5 Å². The lowest BCUT2D eigenvalue weighted by Crippen LogP contribution is -2.22. The van der Waals surface area contributed by atoms with E-state index in [1.165, 1.54) is 5.57 Å². The van der Waals surface area contributed by atoms with E-state index >= 15 is 0 Å². The topological polar surface area (TPSA) is 82.1 Å². The molecule has 1 fully saturated rings. The molecule has 1 heterocycles. The Kier molecular flexibility index (Phi) is 30.2. The van der Waals surface area contributed by atoms with E-state index in [2.05, 4.69) is 56.5 Å². The first kappa shape index (κ1) is 47.5. The predicted octanol–water partition coefficient (Wildman–Crippen LogP) is 11.4. The minimum Gasteiger partial charge on any atom is -0.466 e. The number of carbonyl (C=O) groups excluding carboxylic acids is 3. The zero-order chi connectivity index (χ0) is 38.1. The van der Waals surface area contributed by atoms with Crippen molar-refractivity contribution in [1.82, 2.24) is 4.90 Å². The monoisotopic (exact) mass is 728 g/mol. The number of nitrogens with zero attached hydrogens (tertiary/aromatic N) is 1. The summed E-state index contributed by atoms with van der Waals surface area (Å²) in [6.45, 7) is 13.0. The van der Waals surface area contributed by atoms with Crippen molar-refractivity contribution < 1.29 is 28.6 Å². The van der Waals surface area contributed by atoms with Crippen molar-refractivity contribution in [2.24, 2.45) is 11.8 Å². The van der Waals surface area contributed by atoms with E-state index in [1.807, 2.05) is 0 Å². The van der Waals surface area contributed by atoms with Gasteiger partial charge in [-0.15, -0.1) is 0 Å². The SMILES string of the molecule is C=C=C=C=C1C(CCCCC)CCOC(=O)CCCCCCCC(OC(=O)CCCN(C)CC)CCCCCCCC(=O)OCCC1CCCCC. The molecule has 1 saturated heterocycles. The van der Waals surface area contributed by atoms with Crippen LogP contribution in [0.4, 0.5) is 0 Å². The summed E-state index contributed by atoms with van der Waals surface area (Å²) in [5.74, 6) is 0.107. The van der Waals surface area contributed by atoms with Gasteiger partial charge in [0.05, 0.1) is 13.2 Å². The Morgan fingerprint density at radius 2 is 1.23 bits per heavy atom. The Morgan fingerprint density at radius 1 is 0.731 bits per heavy atom. The first-order valence-electron chi connectivity index (χ1n) is 21.4. The van der Waals surface area contributed by atoms with Gasteiger partial charge in [0.15, 0.2) is 0 Å². The Labute approximate surface area is 319 Å². The molecule has 0 spiro atoms. The standard InChI is InChI=1S/C45H77NO6/c1-6-10-19-26-39-34-37-50-43(47)31-23-17-13-15-21-28-41(52-45(49)33-25-36-46(5)9-4)29-22-16-14-18-24-32-44(48)51-38-35-40(27-20-11-7-2)42(39)30-12-8-3/h39-41H,3,6-7,9-11,13-29,31-38H2,1-2,4-5H3. The van der Waals surface area contributed by atoms with Crippen molar-refractivity contribution in [2.45, 2.75) is 194 Å². The van der Waals surface area contributed by atoms with E-state index in [9.17, 15) is 14.4 Å². The molecule has 1 rings (SSSR count). The third-order valence-corrected chi connectivity index (χ3v) is 10.5. The zero-order valence-electron chi connectivity index (χ0n) is 34.0. The third kappa shape index (κ3) is 25.4. The number of esters is 3. The maximum Gasteiger partial charge on any atom is 0.306 e. The summed E-state index contributed by atoms with van der Waals surface area (Å²) in [7, 11) is 2.07. The second kappa shape index (κ2) is 33.1. The van der Waals surface area contributed by atoms with E-state index in [0.717, 1.165) is 161 Å². The lowest BCUT2D eigenvalue weighted by atomic mass is 9.79. The third-order valence-electron chi connectivity index (χ3n) is 10.5. The number of hydrogen-bond acceptors (Lipinski definition) is 7. The molecule has 0 radical (unpaired) electrons.